The molecule has 0 amide bonds. The average Bonchev–Trinajstić information content (AvgIpc) is 2.93. The van der Waals surface area contributed by atoms with Crippen LogP contribution in [0.25, 0.3) is 0 Å². The van der Waals surface area contributed by atoms with Gasteiger partial charge < -0.3 is 5.32 Å². The van der Waals surface area contributed by atoms with Crippen LogP contribution in [-0.4, -0.2) is 12.6 Å². The van der Waals surface area contributed by atoms with Gasteiger partial charge in [-0.25, -0.2) is 0 Å². The molecule has 102 valence electrons. The summed E-state index contributed by atoms with van der Waals surface area (Å²) in [5, 5.41) is 4.67. The number of halogens is 1. The minimum atomic E-state index is 0.568. The Bertz CT molecular complexity index is 623. The Morgan fingerprint density at radius 1 is 1.00 bits per heavy atom. The van der Waals surface area contributed by atoms with E-state index in [0.717, 1.165) is 18.0 Å². The van der Waals surface area contributed by atoms with Crippen molar-refractivity contribution in [3.8, 4) is 0 Å². The van der Waals surface area contributed by atoms with Gasteiger partial charge in [0.05, 0.1) is 0 Å². The zero-order chi connectivity index (χ0) is 13.5. The van der Waals surface area contributed by atoms with Gasteiger partial charge in [0.1, 0.15) is 0 Å². The summed E-state index contributed by atoms with van der Waals surface area (Å²) in [5.41, 5.74) is 4.29. The van der Waals surface area contributed by atoms with Crippen molar-refractivity contribution in [2.75, 3.05) is 6.54 Å². The van der Waals surface area contributed by atoms with E-state index in [4.69, 9.17) is 11.6 Å². The summed E-state index contributed by atoms with van der Waals surface area (Å²) in [6.07, 6.45) is 2.30. The minimum absolute atomic E-state index is 0.568. The van der Waals surface area contributed by atoms with Gasteiger partial charge in [0.25, 0.3) is 0 Å². The number of fused-ring (bicyclic) bond motifs is 3. The fourth-order valence-electron chi connectivity index (χ4n) is 4.00. The van der Waals surface area contributed by atoms with Gasteiger partial charge >= 0.3 is 0 Å². The van der Waals surface area contributed by atoms with Crippen molar-refractivity contribution in [1.29, 1.82) is 0 Å². The molecule has 0 unspecified atom stereocenters. The van der Waals surface area contributed by atoms with Crippen molar-refractivity contribution in [3.63, 3.8) is 0 Å². The van der Waals surface area contributed by atoms with Crippen molar-refractivity contribution in [2.45, 2.75) is 30.7 Å². The van der Waals surface area contributed by atoms with Gasteiger partial charge in [0.15, 0.2) is 0 Å². The number of hydrogen-bond donors (Lipinski definition) is 1. The van der Waals surface area contributed by atoms with Crippen molar-refractivity contribution in [3.05, 3.63) is 70.2 Å². The van der Waals surface area contributed by atoms with Crippen LogP contribution >= 0.6 is 11.6 Å². The first-order chi connectivity index (χ1) is 9.84. The van der Waals surface area contributed by atoms with Gasteiger partial charge in [-0.15, -0.1) is 0 Å². The van der Waals surface area contributed by atoms with Crippen LogP contribution in [0.5, 0.6) is 0 Å². The van der Waals surface area contributed by atoms with E-state index in [0.29, 0.717) is 17.9 Å². The zero-order valence-electron chi connectivity index (χ0n) is 11.4. The third kappa shape index (κ3) is 1.88. The molecule has 0 saturated carbocycles. The highest BCUT2D eigenvalue weighted by atomic mass is 35.5. The molecule has 0 aromatic heterocycles. The molecular weight excluding hydrogens is 266 g/mol. The molecule has 1 nitrogen and oxygen atoms in total. The van der Waals surface area contributed by atoms with Gasteiger partial charge in [0.2, 0.25) is 0 Å². The van der Waals surface area contributed by atoms with Gasteiger partial charge in [-0.3, -0.25) is 0 Å². The first-order valence-corrected chi connectivity index (χ1v) is 7.78. The van der Waals surface area contributed by atoms with Gasteiger partial charge in [-0.2, -0.15) is 0 Å². The highest BCUT2D eigenvalue weighted by molar-refractivity contribution is 6.31. The lowest BCUT2D eigenvalue weighted by atomic mass is 9.73. The summed E-state index contributed by atoms with van der Waals surface area (Å²) in [6.45, 7) is 1.07. The highest BCUT2D eigenvalue weighted by Gasteiger charge is 2.41. The first-order valence-electron chi connectivity index (χ1n) is 7.40. The van der Waals surface area contributed by atoms with E-state index < -0.39 is 0 Å². The number of benzene rings is 2. The van der Waals surface area contributed by atoms with E-state index in [1.54, 1.807) is 0 Å². The van der Waals surface area contributed by atoms with Crippen LogP contribution in [0.15, 0.2) is 48.5 Å². The van der Waals surface area contributed by atoms with E-state index in [9.17, 15) is 0 Å². The second-order valence-corrected chi connectivity index (χ2v) is 6.31. The molecule has 0 radical (unpaired) electrons. The molecule has 1 fully saturated rings. The number of nitrogens with one attached hydrogen (secondary N) is 1. The predicted octanol–water partition coefficient (Wildman–Crippen LogP) is 4.13. The van der Waals surface area contributed by atoms with E-state index in [1.807, 2.05) is 6.07 Å². The topological polar surface area (TPSA) is 12.0 Å². The van der Waals surface area contributed by atoms with E-state index in [2.05, 4.69) is 47.8 Å². The zero-order valence-corrected chi connectivity index (χ0v) is 12.1. The Balaban J connectivity index is 1.80. The van der Waals surface area contributed by atoms with Crippen LogP contribution in [0.4, 0.5) is 0 Å². The molecule has 4 rings (SSSR count). The van der Waals surface area contributed by atoms with Crippen LogP contribution in [-0.2, 0) is 6.42 Å². The summed E-state index contributed by atoms with van der Waals surface area (Å²) in [6, 6.07) is 17.9. The molecule has 2 heteroatoms. The molecule has 1 saturated heterocycles. The molecule has 0 bridgehead atoms. The van der Waals surface area contributed by atoms with Crippen LogP contribution < -0.4 is 5.32 Å². The van der Waals surface area contributed by atoms with Gasteiger partial charge in [-0.1, -0.05) is 54.1 Å². The standard InChI is InChI=1S/C18H18ClN/c19-16-8-4-7-14-13(16)9-10-17-18(14)15(11-20-17)12-5-2-1-3-6-12/h1-8,15,17-18,20H,9-11H2/t15-,17-,18-/m1/s1. The molecule has 2 aromatic carbocycles. The normalized spacial score (nSPS) is 27.9. The van der Waals surface area contributed by atoms with Crippen LogP contribution in [0, 0.1) is 0 Å². The minimum Gasteiger partial charge on any atom is -0.313 e. The lowest BCUT2D eigenvalue weighted by molar-refractivity contribution is 0.467. The molecule has 1 aliphatic carbocycles. The quantitative estimate of drug-likeness (QED) is 0.830. The first kappa shape index (κ1) is 12.4. The summed E-state index contributed by atoms with van der Waals surface area (Å²) < 4.78 is 0. The van der Waals surface area contributed by atoms with E-state index >= 15 is 0 Å². The van der Waals surface area contributed by atoms with Crippen LogP contribution in [0.3, 0.4) is 0 Å². The maximum absolute atomic E-state index is 6.41. The van der Waals surface area contributed by atoms with Crippen molar-refractivity contribution < 1.29 is 0 Å². The SMILES string of the molecule is Clc1cccc2c1CC[C@H]1NC[C@H](c3ccccc3)[C@@H]21. The van der Waals surface area contributed by atoms with Crippen molar-refractivity contribution in [1.82, 2.24) is 5.32 Å². The third-order valence-electron chi connectivity index (χ3n) is 4.91. The Hall–Kier alpha value is -1.31. The van der Waals surface area contributed by atoms with Crippen molar-refractivity contribution in [2.24, 2.45) is 0 Å². The Morgan fingerprint density at radius 2 is 1.85 bits per heavy atom. The Kier molecular flexibility index (Phi) is 3.05. The molecule has 1 aliphatic heterocycles. The van der Waals surface area contributed by atoms with Crippen LogP contribution in [0.1, 0.15) is 34.9 Å². The van der Waals surface area contributed by atoms with Gasteiger partial charge in [0, 0.05) is 29.4 Å². The summed E-state index contributed by atoms with van der Waals surface area (Å²) in [4.78, 5) is 0. The predicted molar refractivity (Wildman–Crippen MR) is 83.5 cm³/mol. The average molecular weight is 284 g/mol. The van der Waals surface area contributed by atoms with E-state index in [-0.39, 0.29) is 0 Å². The summed E-state index contributed by atoms with van der Waals surface area (Å²) >= 11 is 6.41. The Morgan fingerprint density at radius 3 is 2.70 bits per heavy atom. The second kappa shape index (κ2) is 4.91. The smallest absolute Gasteiger partial charge is 0.0440 e. The highest BCUT2D eigenvalue weighted by Crippen LogP contribution is 2.46. The fraction of sp³-hybridized carbons (Fsp3) is 0.333. The summed E-state index contributed by atoms with van der Waals surface area (Å²) in [7, 11) is 0. The number of rotatable bonds is 1. The van der Waals surface area contributed by atoms with Crippen LogP contribution in [0.2, 0.25) is 5.02 Å². The molecule has 2 aliphatic rings. The maximum atomic E-state index is 6.41. The van der Waals surface area contributed by atoms with E-state index in [1.165, 1.54) is 23.1 Å². The summed E-state index contributed by atoms with van der Waals surface area (Å²) in [5.74, 6) is 1.14. The number of hydrogen-bond acceptors (Lipinski definition) is 1. The lowest BCUT2D eigenvalue weighted by Crippen LogP contribution is -2.30. The molecule has 0 spiro atoms. The molecule has 2 aromatic rings. The molecule has 3 atom stereocenters. The lowest BCUT2D eigenvalue weighted by Gasteiger charge is -2.32. The molecule has 1 heterocycles. The fourth-order valence-corrected chi connectivity index (χ4v) is 4.28. The third-order valence-corrected chi connectivity index (χ3v) is 5.27. The molecular formula is C18H18ClN. The Labute approximate surface area is 125 Å². The molecule has 20 heavy (non-hydrogen) atoms. The maximum Gasteiger partial charge on any atom is 0.0440 e. The van der Waals surface area contributed by atoms with Crippen molar-refractivity contribution >= 4 is 11.6 Å². The van der Waals surface area contributed by atoms with Gasteiger partial charge in [-0.05, 0) is 35.6 Å². The second-order valence-electron chi connectivity index (χ2n) is 5.90. The largest absolute Gasteiger partial charge is 0.313 e. The monoisotopic (exact) mass is 283 g/mol. The molecule has 1 N–H and O–H groups in total.